The molecule has 106 valence electrons. The second-order valence-electron chi connectivity index (χ2n) is 4.95. The zero-order chi connectivity index (χ0) is 14.2. The average Bonchev–Trinajstić information content (AvgIpc) is 2.96. The number of hydrogen-bond acceptors (Lipinski definition) is 4. The van der Waals surface area contributed by atoms with Crippen LogP contribution in [0.25, 0.3) is 10.8 Å². The van der Waals surface area contributed by atoms with Gasteiger partial charge in [0.1, 0.15) is 0 Å². The summed E-state index contributed by atoms with van der Waals surface area (Å²) < 4.78 is 27.0. The van der Waals surface area contributed by atoms with Gasteiger partial charge in [0.15, 0.2) is 0 Å². The van der Waals surface area contributed by atoms with Crippen molar-refractivity contribution in [2.45, 2.75) is 23.8 Å². The van der Waals surface area contributed by atoms with Gasteiger partial charge in [-0.1, -0.05) is 12.1 Å². The van der Waals surface area contributed by atoms with Crippen LogP contribution in [0.1, 0.15) is 12.8 Å². The summed E-state index contributed by atoms with van der Waals surface area (Å²) in [5.74, 6) is 0. The molecule has 0 spiro atoms. The molecule has 0 radical (unpaired) electrons. The average molecular weight is 292 g/mol. The van der Waals surface area contributed by atoms with E-state index in [-0.39, 0.29) is 17.5 Å². The highest BCUT2D eigenvalue weighted by molar-refractivity contribution is 7.89. The van der Waals surface area contributed by atoms with Crippen LogP contribution in [0.4, 0.5) is 0 Å². The molecule has 1 aromatic carbocycles. The molecule has 3 rings (SSSR count). The lowest BCUT2D eigenvalue weighted by molar-refractivity contribution is 0.213. The maximum Gasteiger partial charge on any atom is 0.244 e. The molecule has 1 aromatic heterocycles. The van der Waals surface area contributed by atoms with E-state index in [1.807, 2.05) is 6.07 Å². The van der Waals surface area contributed by atoms with Gasteiger partial charge in [-0.3, -0.25) is 4.98 Å². The summed E-state index contributed by atoms with van der Waals surface area (Å²) in [6, 6.07) is 6.59. The summed E-state index contributed by atoms with van der Waals surface area (Å²) in [5, 5.41) is 10.8. The van der Waals surface area contributed by atoms with Crippen LogP contribution >= 0.6 is 0 Å². The van der Waals surface area contributed by atoms with E-state index in [1.165, 1.54) is 4.31 Å². The first-order valence-corrected chi connectivity index (χ1v) is 8.04. The van der Waals surface area contributed by atoms with E-state index < -0.39 is 10.0 Å². The van der Waals surface area contributed by atoms with Gasteiger partial charge in [-0.2, -0.15) is 4.31 Å². The largest absolute Gasteiger partial charge is 0.395 e. The maximum atomic E-state index is 12.8. The first-order valence-electron chi connectivity index (χ1n) is 6.60. The molecule has 20 heavy (non-hydrogen) atoms. The van der Waals surface area contributed by atoms with Crippen molar-refractivity contribution in [1.29, 1.82) is 0 Å². The van der Waals surface area contributed by atoms with Crippen LogP contribution in [0.15, 0.2) is 41.6 Å². The predicted octanol–water partition coefficient (Wildman–Crippen LogP) is 1.38. The Morgan fingerprint density at radius 2 is 2.20 bits per heavy atom. The fraction of sp³-hybridized carbons (Fsp3) is 0.357. The number of aliphatic hydroxyl groups is 1. The third-order valence-corrected chi connectivity index (χ3v) is 5.77. The molecule has 0 amide bonds. The molecule has 1 aliphatic rings. The van der Waals surface area contributed by atoms with Crippen LogP contribution in [0.5, 0.6) is 0 Å². The van der Waals surface area contributed by atoms with Crippen LogP contribution in [0.2, 0.25) is 0 Å². The Morgan fingerprint density at radius 1 is 1.35 bits per heavy atom. The SMILES string of the molecule is O=S(=O)(c1cccc2cnccc12)N1CCC[C@@H]1CO. The fourth-order valence-corrected chi connectivity index (χ4v) is 4.65. The van der Waals surface area contributed by atoms with Gasteiger partial charge < -0.3 is 5.11 Å². The standard InChI is InChI=1S/C14H16N2O3S/c17-10-12-4-2-8-16(12)20(18,19)14-5-1-3-11-9-15-7-6-13(11)14/h1,3,5-7,9,12,17H,2,4,8,10H2/t12-/m1/s1. The smallest absolute Gasteiger partial charge is 0.244 e. The number of pyridine rings is 1. The van der Waals surface area contributed by atoms with E-state index in [0.29, 0.717) is 18.4 Å². The van der Waals surface area contributed by atoms with E-state index in [1.54, 1.807) is 30.6 Å². The number of sulfonamides is 1. The summed E-state index contributed by atoms with van der Waals surface area (Å²) in [4.78, 5) is 4.31. The summed E-state index contributed by atoms with van der Waals surface area (Å²) in [6.07, 6.45) is 4.75. The molecule has 1 atom stereocenters. The molecule has 0 saturated carbocycles. The van der Waals surface area contributed by atoms with E-state index >= 15 is 0 Å². The summed E-state index contributed by atoms with van der Waals surface area (Å²) in [6.45, 7) is 0.334. The van der Waals surface area contributed by atoms with Gasteiger partial charge in [-0.15, -0.1) is 0 Å². The molecule has 0 bridgehead atoms. The molecule has 0 unspecified atom stereocenters. The van der Waals surface area contributed by atoms with Crippen molar-refractivity contribution in [2.75, 3.05) is 13.2 Å². The van der Waals surface area contributed by atoms with Crippen molar-refractivity contribution in [2.24, 2.45) is 0 Å². The number of aliphatic hydroxyl groups excluding tert-OH is 1. The van der Waals surface area contributed by atoms with Crippen LogP contribution in [-0.4, -0.2) is 42.0 Å². The fourth-order valence-electron chi connectivity index (χ4n) is 2.75. The normalized spacial score (nSPS) is 20.6. The molecule has 6 heteroatoms. The number of hydrogen-bond donors (Lipinski definition) is 1. The summed E-state index contributed by atoms with van der Waals surface area (Å²) in [5.41, 5.74) is 0. The quantitative estimate of drug-likeness (QED) is 0.928. The van der Waals surface area contributed by atoms with E-state index in [0.717, 1.165) is 11.8 Å². The van der Waals surface area contributed by atoms with Gasteiger partial charge in [0.25, 0.3) is 0 Å². The van der Waals surface area contributed by atoms with Gasteiger partial charge in [0.05, 0.1) is 11.5 Å². The van der Waals surface area contributed by atoms with Gasteiger partial charge >= 0.3 is 0 Å². The van der Waals surface area contributed by atoms with Crippen molar-refractivity contribution in [3.8, 4) is 0 Å². The minimum Gasteiger partial charge on any atom is -0.395 e. The van der Waals surface area contributed by atoms with Crippen molar-refractivity contribution in [1.82, 2.24) is 9.29 Å². The molecular formula is C14H16N2O3S. The van der Waals surface area contributed by atoms with Crippen LogP contribution < -0.4 is 0 Å². The first kappa shape index (κ1) is 13.5. The second kappa shape index (κ2) is 5.12. The number of fused-ring (bicyclic) bond motifs is 1. The number of benzene rings is 1. The second-order valence-corrected chi connectivity index (χ2v) is 6.81. The zero-order valence-electron chi connectivity index (χ0n) is 10.9. The lowest BCUT2D eigenvalue weighted by Crippen LogP contribution is -2.37. The Morgan fingerprint density at radius 3 is 3.00 bits per heavy atom. The predicted molar refractivity (Wildman–Crippen MR) is 75.7 cm³/mol. The van der Waals surface area contributed by atoms with Crippen molar-refractivity contribution < 1.29 is 13.5 Å². The lowest BCUT2D eigenvalue weighted by Gasteiger charge is -2.23. The number of nitrogens with zero attached hydrogens (tertiary/aromatic N) is 2. The van der Waals surface area contributed by atoms with Crippen molar-refractivity contribution in [3.63, 3.8) is 0 Å². The molecule has 1 fully saturated rings. The van der Waals surface area contributed by atoms with Crippen LogP contribution in [0, 0.1) is 0 Å². The third-order valence-electron chi connectivity index (χ3n) is 3.76. The Kier molecular flexibility index (Phi) is 3.45. The maximum absolute atomic E-state index is 12.8. The molecule has 2 heterocycles. The Bertz CT molecular complexity index is 725. The lowest BCUT2D eigenvalue weighted by atomic mass is 10.2. The van der Waals surface area contributed by atoms with Crippen molar-refractivity contribution in [3.05, 3.63) is 36.7 Å². The Balaban J connectivity index is 2.14. The van der Waals surface area contributed by atoms with E-state index in [9.17, 15) is 13.5 Å². The summed E-state index contributed by atoms with van der Waals surface area (Å²) in [7, 11) is -3.58. The minimum absolute atomic E-state index is 0.133. The molecular weight excluding hydrogens is 276 g/mol. The van der Waals surface area contributed by atoms with Crippen LogP contribution in [0.3, 0.4) is 0 Å². The molecule has 1 N–H and O–H groups in total. The third kappa shape index (κ3) is 2.09. The van der Waals surface area contributed by atoms with Gasteiger partial charge in [-0.05, 0) is 25.0 Å². The van der Waals surface area contributed by atoms with E-state index in [4.69, 9.17) is 0 Å². The molecule has 5 nitrogen and oxygen atoms in total. The molecule has 1 saturated heterocycles. The molecule has 1 aliphatic heterocycles. The topological polar surface area (TPSA) is 70.5 Å². The highest BCUT2D eigenvalue weighted by Gasteiger charge is 2.35. The Labute approximate surface area is 117 Å². The monoisotopic (exact) mass is 292 g/mol. The number of rotatable bonds is 3. The van der Waals surface area contributed by atoms with Crippen molar-refractivity contribution >= 4 is 20.8 Å². The van der Waals surface area contributed by atoms with Crippen LogP contribution in [-0.2, 0) is 10.0 Å². The highest BCUT2D eigenvalue weighted by atomic mass is 32.2. The minimum atomic E-state index is -3.58. The number of aromatic nitrogens is 1. The first-order chi connectivity index (χ1) is 9.64. The Hall–Kier alpha value is -1.50. The zero-order valence-corrected chi connectivity index (χ0v) is 11.8. The van der Waals surface area contributed by atoms with Gasteiger partial charge in [-0.25, -0.2) is 8.42 Å². The molecule has 0 aliphatic carbocycles. The van der Waals surface area contributed by atoms with E-state index in [2.05, 4.69) is 4.98 Å². The summed E-state index contributed by atoms with van der Waals surface area (Å²) >= 11 is 0. The van der Waals surface area contributed by atoms with Gasteiger partial charge in [0.2, 0.25) is 10.0 Å². The highest BCUT2D eigenvalue weighted by Crippen LogP contribution is 2.29. The molecule has 2 aromatic rings. The van der Waals surface area contributed by atoms with Gasteiger partial charge in [0, 0.05) is 35.8 Å².